The first-order valence-electron chi connectivity index (χ1n) is 7.82. The van der Waals surface area contributed by atoms with Gasteiger partial charge in [-0.3, -0.25) is 0 Å². The van der Waals surface area contributed by atoms with Crippen molar-refractivity contribution in [3.8, 4) is 11.5 Å². The Morgan fingerprint density at radius 1 is 1.40 bits per heavy atom. The SMILES string of the molecule is CCCC(C)Oc1cc2c(cc1C)OC(C)(C)CC2C. The lowest BCUT2D eigenvalue weighted by molar-refractivity contribution is 0.0741. The highest BCUT2D eigenvalue weighted by atomic mass is 16.5. The number of hydrogen-bond donors (Lipinski definition) is 0. The first-order chi connectivity index (χ1) is 9.32. The molecule has 1 aromatic rings. The molecule has 0 radical (unpaired) electrons. The van der Waals surface area contributed by atoms with Gasteiger partial charge in [0.05, 0.1) is 6.10 Å². The molecule has 0 bridgehead atoms. The van der Waals surface area contributed by atoms with E-state index in [0.717, 1.165) is 36.3 Å². The van der Waals surface area contributed by atoms with E-state index in [-0.39, 0.29) is 11.7 Å². The molecule has 0 aliphatic carbocycles. The van der Waals surface area contributed by atoms with E-state index in [4.69, 9.17) is 9.47 Å². The highest BCUT2D eigenvalue weighted by molar-refractivity contribution is 5.49. The monoisotopic (exact) mass is 276 g/mol. The van der Waals surface area contributed by atoms with Crippen LogP contribution in [-0.2, 0) is 0 Å². The molecule has 0 aromatic heterocycles. The average molecular weight is 276 g/mol. The van der Waals surface area contributed by atoms with Gasteiger partial charge in [0.25, 0.3) is 0 Å². The van der Waals surface area contributed by atoms with Crippen LogP contribution in [0.2, 0.25) is 0 Å². The van der Waals surface area contributed by atoms with Crippen molar-refractivity contribution in [3.05, 3.63) is 23.3 Å². The summed E-state index contributed by atoms with van der Waals surface area (Å²) in [4.78, 5) is 0. The van der Waals surface area contributed by atoms with Crippen LogP contribution in [0.25, 0.3) is 0 Å². The Balaban J connectivity index is 2.28. The molecular weight excluding hydrogens is 248 g/mol. The van der Waals surface area contributed by atoms with Crippen LogP contribution in [0.4, 0.5) is 0 Å². The lowest BCUT2D eigenvalue weighted by atomic mass is 9.85. The van der Waals surface area contributed by atoms with Crippen molar-refractivity contribution in [2.45, 2.75) is 78.4 Å². The maximum atomic E-state index is 6.12. The predicted octanol–water partition coefficient (Wildman–Crippen LogP) is 5.23. The summed E-state index contributed by atoms with van der Waals surface area (Å²) < 4.78 is 12.2. The lowest BCUT2D eigenvalue weighted by Gasteiger charge is -2.37. The average Bonchev–Trinajstić information content (AvgIpc) is 2.30. The molecule has 2 unspecified atom stereocenters. The van der Waals surface area contributed by atoms with Gasteiger partial charge in [-0.05, 0) is 64.2 Å². The van der Waals surface area contributed by atoms with Crippen molar-refractivity contribution in [1.82, 2.24) is 0 Å². The van der Waals surface area contributed by atoms with Gasteiger partial charge < -0.3 is 9.47 Å². The molecule has 0 spiro atoms. The molecular formula is C18H28O2. The summed E-state index contributed by atoms with van der Waals surface area (Å²) in [6.07, 6.45) is 3.56. The van der Waals surface area contributed by atoms with Gasteiger partial charge in [0.1, 0.15) is 17.1 Å². The molecule has 20 heavy (non-hydrogen) atoms. The second kappa shape index (κ2) is 5.67. The van der Waals surface area contributed by atoms with Crippen LogP contribution in [0.5, 0.6) is 11.5 Å². The van der Waals surface area contributed by atoms with E-state index in [1.165, 1.54) is 5.56 Å². The van der Waals surface area contributed by atoms with Crippen molar-refractivity contribution in [2.75, 3.05) is 0 Å². The second-order valence-corrected chi connectivity index (χ2v) is 6.84. The van der Waals surface area contributed by atoms with E-state index in [9.17, 15) is 0 Å². The smallest absolute Gasteiger partial charge is 0.124 e. The van der Waals surface area contributed by atoms with Crippen LogP contribution in [0.1, 0.15) is 70.9 Å². The van der Waals surface area contributed by atoms with Crippen LogP contribution in [0.15, 0.2) is 12.1 Å². The van der Waals surface area contributed by atoms with Gasteiger partial charge in [-0.15, -0.1) is 0 Å². The Kier molecular flexibility index (Phi) is 4.31. The summed E-state index contributed by atoms with van der Waals surface area (Å²) in [5.74, 6) is 2.56. The van der Waals surface area contributed by atoms with Crippen LogP contribution in [0.3, 0.4) is 0 Å². The molecule has 2 nitrogen and oxygen atoms in total. The predicted molar refractivity (Wildman–Crippen MR) is 83.9 cm³/mol. The molecule has 2 atom stereocenters. The zero-order valence-corrected chi connectivity index (χ0v) is 13.7. The Labute approximate surface area is 123 Å². The molecule has 1 aromatic carbocycles. The molecule has 0 saturated carbocycles. The maximum absolute atomic E-state index is 6.12. The summed E-state index contributed by atoms with van der Waals surface area (Å²) in [5, 5.41) is 0. The molecule has 0 N–H and O–H groups in total. The molecule has 2 heteroatoms. The number of fused-ring (bicyclic) bond motifs is 1. The highest BCUT2D eigenvalue weighted by Gasteiger charge is 2.32. The first-order valence-corrected chi connectivity index (χ1v) is 7.82. The lowest BCUT2D eigenvalue weighted by Crippen LogP contribution is -2.34. The molecule has 1 aliphatic rings. The summed E-state index contributed by atoms with van der Waals surface area (Å²) in [7, 11) is 0. The normalized spacial score (nSPS) is 21.8. The zero-order chi connectivity index (χ0) is 14.9. The first kappa shape index (κ1) is 15.2. The fourth-order valence-electron chi connectivity index (χ4n) is 3.15. The van der Waals surface area contributed by atoms with Gasteiger partial charge in [0.2, 0.25) is 0 Å². The van der Waals surface area contributed by atoms with Gasteiger partial charge in [-0.25, -0.2) is 0 Å². The number of rotatable bonds is 4. The van der Waals surface area contributed by atoms with Crippen LogP contribution in [-0.4, -0.2) is 11.7 Å². The van der Waals surface area contributed by atoms with E-state index >= 15 is 0 Å². The van der Waals surface area contributed by atoms with E-state index in [0.29, 0.717) is 5.92 Å². The maximum Gasteiger partial charge on any atom is 0.124 e. The number of aryl methyl sites for hydroxylation is 1. The topological polar surface area (TPSA) is 18.5 Å². The third-order valence-electron chi connectivity index (χ3n) is 4.05. The van der Waals surface area contributed by atoms with Crippen LogP contribution < -0.4 is 9.47 Å². The molecule has 2 rings (SSSR count). The van der Waals surface area contributed by atoms with E-state index in [1.54, 1.807) is 0 Å². The van der Waals surface area contributed by atoms with Crippen molar-refractivity contribution < 1.29 is 9.47 Å². The molecule has 0 fully saturated rings. The number of ether oxygens (including phenoxy) is 2. The molecule has 1 heterocycles. The van der Waals surface area contributed by atoms with Gasteiger partial charge in [0, 0.05) is 5.56 Å². The number of hydrogen-bond acceptors (Lipinski definition) is 2. The van der Waals surface area contributed by atoms with Crippen LogP contribution in [0, 0.1) is 6.92 Å². The Morgan fingerprint density at radius 3 is 2.75 bits per heavy atom. The summed E-state index contributed by atoms with van der Waals surface area (Å²) in [6, 6.07) is 4.33. The minimum Gasteiger partial charge on any atom is -0.490 e. The molecule has 0 saturated heterocycles. The quantitative estimate of drug-likeness (QED) is 0.750. The van der Waals surface area contributed by atoms with Gasteiger partial charge in [-0.2, -0.15) is 0 Å². The van der Waals surface area contributed by atoms with Crippen molar-refractivity contribution in [1.29, 1.82) is 0 Å². The van der Waals surface area contributed by atoms with Crippen molar-refractivity contribution in [2.24, 2.45) is 0 Å². The van der Waals surface area contributed by atoms with Gasteiger partial charge in [0.15, 0.2) is 0 Å². The Bertz CT molecular complexity index is 477. The van der Waals surface area contributed by atoms with E-state index in [2.05, 4.69) is 53.7 Å². The largest absolute Gasteiger partial charge is 0.490 e. The van der Waals surface area contributed by atoms with Gasteiger partial charge >= 0.3 is 0 Å². The fourth-order valence-corrected chi connectivity index (χ4v) is 3.15. The zero-order valence-electron chi connectivity index (χ0n) is 13.7. The molecule has 0 amide bonds. The highest BCUT2D eigenvalue weighted by Crippen LogP contribution is 2.43. The minimum atomic E-state index is -0.0727. The summed E-state index contributed by atoms with van der Waals surface area (Å²) >= 11 is 0. The van der Waals surface area contributed by atoms with E-state index < -0.39 is 0 Å². The minimum absolute atomic E-state index is 0.0727. The third kappa shape index (κ3) is 3.28. The third-order valence-corrected chi connectivity index (χ3v) is 4.05. The van der Waals surface area contributed by atoms with Crippen molar-refractivity contribution >= 4 is 0 Å². The fraction of sp³-hybridized carbons (Fsp3) is 0.667. The summed E-state index contributed by atoms with van der Waals surface area (Å²) in [5.41, 5.74) is 2.38. The molecule has 1 aliphatic heterocycles. The van der Waals surface area contributed by atoms with E-state index in [1.807, 2.05) is 0 Å². The summed E-state index contributed by atoms with van der Waals surface area (Å²) in [6.45, 7) is 13.0. The number of benzene rings is 1. The van der Waals surface area contributed by atoms with Gasteiger partial charge in [-0.1, -0.05) is 20.3 Å². The Morgan fingerprint density at radius 2 is 2.10 bits per heavy atom. The van der Waals surface area contributed by atoms with Crippen molar-refractivity contribution in [3.63, 3.8) is 0 Å². The van der Waals surface area contributed by atoms with Crippen LogP contribution >= 0.6 is 0 Å². The second-order valence-electron chi connectivity index (χ2n) is 6.84. The standard InChI is InChI=1S/C18H28O2/c1-7-8-14(4)19-16-10-15-13(3)11-18(5,6)20-17(15)9-12(16)2/h9-10,13-14H,7-8,11H2,1-6H3. The molecule has 112 valence electrons. The Hall–Kier alpha value is -1.18.